The number of ether oxygens (including phenoxy) is 1. The third-order valence-corrected chi connectivity index (χ3v) is 2.27. The van der Waals surface area contributed by atoms with Crippen LogP contribution in [0.25, 0.3) is 0 Å². The number of hydrogen-bond donors (Lipinski definition) is 1. The maximum Gasteiger partial charge on any atom is 0.246 e. The lowest BCUT2D eigenvalue weighted by atomic mass is 10.4. The van der Waals surface area contributed by atoms with Gasteiger partial charge in [0, 0.05) is 12.3 Å². The van der Waals surface area contributed by atoms with E-state index in [2.05, 4.69) is 9.72 Å². The van der Waals surface area contributed by atoms with Crippen molar-refractivity contribution in [2.45, 2.75) is 4.90 Å². The Hall–Kier alpha value is -1.21. The van der Waals surface area contributed by atoms with E-state index < -0.39 is 20.9 Å². The summed E-state index contributed by atoms with van der Waals surface area (Å²) in [6, 6.07) is 1.21. The molecule has 13 heavy (non-hydrogen) atoms. The molecule has 0 fully saturated rings. The summed E-state index contributed by atoms with van der Waals surface area (Å²) in [5, 5.41) is 4.75. The van der Waals surface area contributed by atoms with Gasteiger partial charge >= 0.3 is 0 Å². The van der Waals surface area contributed by atoms with Crippen LogP contribution in [0.2, 0.25) is 0 Å². The van der Waals surface area contributed by atoms with Gasteiger partial charge in [-0.15, -0.1) is 0 Å². The molecule has 5 nitrogen and oxygen atoms in total. The molecule has 0 bridgehead atoms. The molecule has 1 rings (SSSR count). The molecule has 0 aliphatic rings. The lowest BCUT2D eigenvalue weighted by Crippen LogP contribution is -2.16. The second-order valence-electron chi connectivity index (χ2n) is 2.18. The van der Waals surface area contributed by atoms with Crippen LogP contribution in [-0.2, 0) is 10.0 Å². The van der Waals surface area contributed by atoms with Crippen LogP contribution in [-0.4, -0.2) is 20.5 Å². The fourth-order valence-electron chi connectivity index (χ4n) is 0.825. The summed E-state index contributed by atoms with van der Waals surface area (Å²) < 4.78 is 39.2. The summed E-state index contributed by atoms with van der Waals surface area (Å²) in [6.45, 7) is 0. The van der Waals surface area contributed by atoms with E-state index in [4.69, 9.17) is 5.14 Å². The monoisotopic (exact) mass is 206 g/mol. The largest absolute Gasteiger partial charge is 0.495 e. The van der Waals surface area contributed by atoms with Crippen LogP contribution < -0.4 is 9.88 Å². The van der Waals surface area contributed by atoms with Gasteiger partial charge < -0.3 is 4.74 Å². The molecule has 0 spiro atoms. The molecule has 1 aromatic heterocycles. The standard InChI is InChI=1S/C6H7FN2O3S/c1-12-4-2-3-9-6(7)5(4)13(8,10)11/h2-3H,1H3,(H2,8,10,11). The highest BCUT2D eigenvalue weighted by molar-refractivity contribution is 7.89. The molecule has 0 aliphatic heterocycles. The molecule has 7 heteroatoms. The molecule has 0 atom stereocenters. The second-order valence-corrected chi connectivity index (χ2v) is 3.68. The molecular formula is C6H7FN2O3S. The number of nitrogens with two attached hydrogens (primary N) is 1. The zero-order valence-corrected chi connectivity index (χ0v) is 7.51. The SMILES string of the molecule is COc1ccnc(F)c1S(N)(=O)=O. The first kappa shape index (κ1) is 9.87. The summed E-state index contributed by atoms with van der Waals surface area (Å²) in [7, 11) is -2.93. The van der Waals surface area contributed by atoms with Gasteiger partial charge in [0.05, 0.1) is 7.11 Å². The topological polar surface area (TPSA) is 82.3 Å². The van der Waals surface area contributed by atoms with Gasteiger partial charge in [0.2, 0.25) is 16.0 Å². The first-order valence-corrected chi connectivity index (χ1v) is 4.72. The van der Waals surface area contributed by atoms with Gasteiger partial charge in [0.25, 0.3) is 0 Å². The summed E-state index contributed by atoms with van der Waals surface area (Å²) in [5.74, 6) is -1.32. The number of methoxy groups -OCH3 is 1. The summed E-state index contributed by atoms with van der Waals surface area (Å²) in [5.41, 5.74) is 0. The number of rotatable bonds is 2. The number of nitrogens with zero attached hydrogens (tertiary/aromatic N) is 1. The fraction of sp³-hybridized carbons (Fsp3) is 0.167. The quantitative estimate of drug-likeness (QED) is 0.683. The molecule has 0 radical (unpaired) electrons. The highest BCUT2D eigenvalue weighted by atomic mass is 32.2. The minimum atomic E-state index is -4.14. The van der Waals surface area contributed by atoms with E-state index in [-0.39, 0.29) is 5.75 Å². The maximum absolute atomic E-state index is 12.9. The number of primary sulfonamides is 1. The lowest BCUT2D eigenvalue weighted by molar-refractivity contribution is 0.390. The molecular weight excluding hydrogens is 199 g/mol. The Balaban J connectivity index is 3.50. The minimum Gasteiger partial charge on any atom is -0.495 e. The van der Waals surface area contributed by atoms with E-state index in [0.717, 1.165) is 6.20 Å². The predicted molar refractivity (Wildman–Crippen MR) is 42.1 cm³/mol. The van der Waals surface area contributed by atoms with Gasteiger partial charge in [-0.05, 0) is 0 Å². The van der Waals surface area contributed by atoms with Crippen LogP contribution in [0, 0.1) is 5.95 Å². The van der Waals surface area contributed by atoms with Crippen molar-refractivity contribution in [2.75, 3.05) is 7.11 Å². The third-order valence-electron chi connectivity index (χ3n) is 1.33. The Morgan fingerprint density at radius 1 is 1.62 bits per heavy atom. The van der Waals surface area contributed by atoms with Crippen LogP contribution in [0.15, 0.2) is 17.2 Å². The van der Waals surface area contributed by atoms with Crippen molar-refractivity contribution in [3.8, 4) is 5.75 Å². The van der Waals surface area contributed by atoms with Crippen LogP contribution in [0.4, 0.5) is 4.39 Å². The summed E-state index contributed by atoms with van der Waals surface area (Å²) in [4.78, 5) is 2.42. The Kier molecular flexibility index (Phi) is 2.48. The van der Waals surface area contributed by atoms with E-state index in [1.165, 1.54) is 13.2 Å². The minimum absolute atomic E-state index is 0.157. The average molecular weight is 206 g/mol. The first-order valence-electron chi connectivity index (χ1n) is 3.18. The van der Waals surface area contributed by atoms with Crippen molar-refractivity contribution in [3.05, 3.63) is 18.2 Å². The second kappa shape index (κ2) is 3.27. The van der Waals surface area contributed by atoms with Gasteiger partial charge in [0.15, 0.2) is 4.90 Å². The molecule has 0 aliphatic carbocycles. The normalized spacial score (nSPS) is 11.3. The zero-order valence-electron chi connectivity index (χ0n) is 6.69. The van der Waals surface area contributed by atoms with Gasteiger partial charge in [0.1, 0.15) is 5.75 Å². The summed E-state index contributed by atoms with van der Waals surface area (Å²) in [6.07, 6.45) is 1.09. The van der Waals surface area contributed by atoms with E-state index >= 15 is 0 Å². The Morgan fingerprint density at radius 2 is 2.23 bits per heavy atom. The van der Waals surface area contributed by atoms with Gasteiger partial charge in [-0.1, -0.05) is 0 Å². The number of pyridine rings is 1. The van der Waals surface area contributed by atoms with Crippen LogP contribution in [0.5, 0.6) is 5.75 Å². The van der Waals surface area contributed by atoms with E-state index in [9.17, 15) is 12.8 Å². The first-order chi connectivity index (χ1) is 5.96. The molecule has 0 amide bonds. The maximum atomic E-state index is 12.9. The number of hydrogen-bond acceptors (Lipinski definition) is 4. The Labute approximate surface area is 74.4 Å². The van der Waals surface area contributed by atoms with Crippen molar-refractivity contribution >= 4 is 10.0 Å². The van der Waals surface area contributed by atoms with E-state index in [0.29, 0.717) is 0 Å². The van der Waals surface area contributed by atoms with Gasteiger partial charge in [-0.25, -0.2) is 18.5 Å². The van der Waals surface area contributed by atoms with Crippen LogP contribution in [0.1, 0.15) is 0 Å². The van der Waals surface area contributed by atoms with Crippen molar-refractivity contribution in [1.82, 2.24) is 4.98 Å². The van der Waals surface area contributed by atoms with Crippen LogP contribution >= 0.6 is 0 Å². The molecule has 0 saturated carbocycles. The molecule has 2 N–H and O–H groups in total. The van der Waals surface area contributed by atoms with Gasteiger partial charge in [-0.2, -0.15) is 4.39 Å². The zero-order chi connectivity index (χ0) is 10.1. The summed E-state index contributed by atoms with van der Waals surface area (Å²) >= 11 is 0. The molecule has 0 aromatic carbocycles. The van der Waals surface area contributed by atoms with E-state index in [1.807, 2.05) is 0 Å². The Morgan fingerprint density at radius 3 is 2.62 bits per heavy atom. The molecule has 72 valence electrons. The predicted octanol–water partition coefficient (Wildman–Crippen LogP) is -0.123. The number of aromatic nitrogens is 1. The highest BCUT2D eigenvalue weighted by Gasteiger charge is 2.21. The fourth-order valence-corrected chi connectivity index (χ4v) is 1.54. The number of halogens is 1. The third kappa shape index (κ3) is 1.93. The van der Waals surface area contributed by atoms with Crippen molar-refractivity contribution in [1.29, 1.82) is 0 Å². The molecule has 0 unspecified atom stereocenters. The van der Waals surface area contributed by atoms with Crippen molar-refractivity contribution in [3.63, 3.8) is 0 Å². The molecule has 1 aromatic rings. The lowest BCUT2D eigenvalue weighted by Gasteiger charge is -2.05. The smallest absolute Gasteiger partial charge is 0.246 e. The highest BCUT2D eigenvalue weighted by Crippen LogP contribution is 2.22. The van der Waals surface area contributed by atoms with Crippen molar-refractivity contribution < 1.29 is 17.5 Å². The van der Waals surface area contributed by atoms with Crippen molar-refractivity contribution in [2.24, 2.45) is 5.14 Å². The van der Waals surface area contributed by atoms with E-state index in [1.54, 1.807) is 0 Å². The van der Waals surface area contributed by atoms with Gasteiger partial charge in [-0.3, -0.25) is 0 Å². The molecule has 1 heterocycles. The average Bonchev–Trinajstić information content (AvgIpc) is 2.01. The Bertz CT molecular complexity index is 418. The molecule has 0 saturated heterocycles. The van der Waals surface area contributed by atoms with Crippen LogP contribution in [0.3, 0.4) is 0 Å². The number of sulfonamides is 1.